The molecule has 94 valence electrons. The normalized spacial score (nSPS) is 16.8. The van der Waals surface area contributed by atoms with Gasteiger partial charge in [0.15, 0.2) is 0 Å². The summed E-state index contributed by atoms with van der Waals surface area (Å²) in [6.45, 7) is 8.26. The van der Waals surface area contributed by atoms with Crippen molar-refractivity contribution in [3.05, 3.63) is 0 Å². The molecule has 1 aliphatic heterocycles. The highest BCUT2D eigenvalue weighted by Gasteiger charge is 2.32. The number of ether oxygens (including phenoxy) is 2. The van der Waals surface area contributed by atoms with E-state index < -0.39 is 5.60 Å². The largest absolute Gasteiger partial charge is 0.444 e. The van der Waals surface area contributed by atoms with Gasteiger partial charge in [-0.1, -0.05) is 0 Å². The smallest absolute Gasteiger partial charge is 0.410 e. The summed E-state index contributed by atoms with van der Waals surface area (Å²) in [7, 11) is 1.87. The number of likely N-dealkylation sites (N-methyl/N-ethyl adjacent to an activating group) is 1. The summed E-state index contributed by atoms with van der Waals surface area (Å²) in [5.41, 5.74) is -0.445. The van der Waals surface area contributed by atoms with Gasteiger partial charge in [0.1, 0.15) is 5.60 Å². The standard InChI is InChI=1S/C11H22N2O3/c1-11(2,3)16-10(14)13(6-5-12-4)9-7-15-8-9/h9,12H,5-8H2,1-4H3. The number of amides is 1. The minimum atomic E-state index is -0.445. The zero-order chi connectivity index (χ0) is 12.2. The van der Waals surface area contributed by atoms with Crippen LogP contribution in [0.1, 0.15) is 20.8 Å². The average Bonchev–Trinajstić information content (AvgIpc) is 2.05. The number of carbonyl (C=O) groups excluding carboxylic acids is 1. The molecule has 1 aliphatic rings. The van der Waals surface area contributed by atoms with Gasteiger partial charge in [-0.25, -0.2) is 4.79 Å². The first kappa shape index (κ1) is 13.3. The van der Waals surface area contributed by atoms with Gasteiger partial charge in [0, 0.05) is 13.1 Å². The highest BCUT2D eigenvalue weighted by molar-refractivity contribution is 5.68. The lowest BCUT2D eigenvalue weighted by atomic mass is 10.2. The molecule has 0 saturated carbocycles. The van der Waals surface area contributed by atoms with Gasteiger partial charge in [-0.15, -0.1) is 0 Å². The van der Waals surface area contributed by atoms with Gasteiger partial charge in [-0.05, 0) is 27.8 Å². The molecular formula is C11H22N2O3. The number of nitrogens with one attached hydrogen (secondary N) is 1. The van der Waals surface area contributed by atoms with E-state index in [1.807, 2.05) is 27.8 Å². The summed E-state index contributed by atoms with van der Waals surface area (Å²) in [5.74, 6) is 0. The molecule has 1 fully saturated rings. The molecule has 1 heterocycles. The summed E-state index contributed by atoms with van der Waals surface area (Å²) in [6, 6.07) is 0.170. The fraction of sp³-hybridized carbons (Fsp3) is 0.909. The monoisotopic (exact) mass is 230 g/mol. The van der Waals surface area contributed by atoms with Crippen LogP contribution >= 0.6 is 0 Å². The van der Waals surface area contributed by atoms with Gasteiger partial charge in [-0.2, -0.15) is 0 Å². The minimum Gasteiger partial charge on any atom is -0.444 e. The molecule has 0 spiro atoms. The molecule has 1 saturated heterocycles. The van der Waals surface area contributed by atoms with Crippen LogP contribution < -0.4 is 5.32 Å². The van der Waals surface area contributed by atoms with Crippen LogP contribution in [0.25, 0.3) is 0 Å². The Labute approximate surface area is 97.1 Å². The number of nitrogens with zero attached hydrogens (tertiary/aromatic N) is 1. The average molecular weight is 230 g/mol. The van der Waals surface area contributed by atoms with Gasteiger partial charge >= 0.3 is 6.09 Å². The van der Waals surface area contributed by atoms with Crippen LogP contribution in [0.2, 0.25) is 0 Å². The van der Waals surface area contributed by atoms with E-state index in [4.69, 9.17) is 9.47 Å². The van der Waals surface area contributed by atoms with Crippen LogP contribution in [-0.4, -0.2) is 56.0 Å². The Morgan fingerprint density at radius 3 is 2.50 bits per heavy atom. The summed E-state index contributed by atoms with van der Waals surface area (Å²) < 4.78 is 10.5. The maximum atomic E-state index is 11.9. The number of carbonyl (C=O) groups is 1. The summed E-state index contributed by atoms with van der Waals surface area (Å²) in [6.07, 6.45) is -0.254. The summed E-state index contributed by atoms with van der Waals surface area (Å²) >= 11 is 0. The second-order valence-electron chi connectivity index (χ2n) is 4.97. The lowest BCUT2D eigenvalue weighted by molar-refractivity contribution is -0.0698. The SMILES string of the molecule is CNCCN(C(=O)OC(C)(C)C)C1COC1. The van der Waals surface area contributed by atoms with Crippen molar-refractivity contribution in [3.63, 3.8) is 0 Å². The fourth-order valence-corrected chi connectivity index (χ4v) is 1.38. The third-order valence-corrected chi connectivity index (χ3v) is 2.29. The van der Waals surface area contributed by atoms with Gasteiger partial charge in [0.25, 0.3) is 0 Å². The van der Waals surface area contributed by atoms with Gasteiger partial charge in [-0.3, -0.25) is 4.90 Å². The molecular weight excluding hydrogens is 208 g/mol. The maximum Gasteiger partial charge on any atom is 0.410 e. The van der Waals surface area contributed by atoms with Crippen LogP contribution in [0.4, 0.5) is 4.79 Å². The van der Waals surface area contributed by atoms with Crippen LogP contribution in [0.5, 0.6) is 0 Å². The quantitative estimate of drug-likeness (QED) is 0.777. The second kappa shape index (κ2) is 5.50. The molecule has 0 bridgehead atoms. The Morgan fingerprint density at radius 2 is 2.12 bits per heavy atom. The molecule has 5 heteroatoms. The summed E-state index contributed by atoms with van der Waals surface area (Å²) in [4.78, 5) is 13.7. The topological polar surface area (TPSA) is 50.8 Å². The van der Waals surface area contributed by atoms with E-state index in [0.717, 1.165) is 6.54 Å². The lowest BCUT2D eigenvalue weighted by Gasteiger charge is -2.38. The third-order valence-electron chi connectivity index (χ3n) is 2.29. The van der Waals surface area contributed by atoms with Gasteiger partial charge in [0.2, 0.25) is 0 Å². The van der Waals surface area contributed by atoms with Crippen LogP contribution in [0.3, 0.4) is 0 Å². The highest BCUT2D eigenvalue weighted by atomic mass is 16.6. The Morgan fingerprint density at radius 1 is 1.50 bits per heavy atom. The minimum absolute atomic E-state index is 0.170. The lowest BCUT2D eigenvalue weighted by Crippen LogP contribution is -2.54. The molecule has 0 atom stereocenters. The summed E-state index contributed by atoms with van der Waals surface area (Å²) in [5, 5.41) is 3.03. The second-order valence-corrected chi connectivity index (χ2v) is 4.97. The molecule has 0 aliphatic carbocycles. The number of hydrogen-bond acceptors (Lipinski definition) is 4. The van der Waals surface area contributed by atoms with E-state index >= 15 is 0 Å². The van der Waals surface area contributed by atoms with Gasteiger partial charge < -0.3 is 14.8 Å². The van der Waals surface area contributed by atoms with E-state index in [9.17, 15) is 4.79 Å². The van der Waals surface area contributed by atoms with Crippen molar-refractivity contribution in [3.8, 4) is 0 Å². The molecule has 0 aromatic heterocycles. The van der Waals surface area contributed by atoms with Crippen LogP contribution in [0, 0.1) is 0 Å². The Kier molecular flexibility index (Phi) is 4.56. The Balaban J connectivity index is 2.50. The van der Waals surface area contributed by atoms with Crippen molar-refractivity contribution < 1.29 is 14.3 Å². The van der Waals surface area contributed by atoms with Crippen molar-refractivity contribution in [2.45, 2.75) is 32.4 Å². The van der Waals surface area contributed by atoms with Crippen molar-refractivity contribution in [2.24, 2.45) is 0 Å². The molecule has 1 amide bonds. The van der Waals surface area contributed by atoms with E-state index in [1.165, 1.54) is 0 Å². The third kappa shape index (κ3) is 3.98. The predicted molar refractivity (Wildman–Crippen MR) is 61.5 cm³/mol. The fourth-order valence-electron chi connectivity index (χ4n) is 1.38. The molecule has 0 aromatic rings. The van der Waals surface area contributed by atoms with Crippen molar-refractivity contribution in [2.75, 3.05) is 33.4 Å². The molecule has 5 nitrogen and oxygen atoms in total. The van der Waals surface area contributed by atoms with E-state index in [0.29, 0.717) is 19.8 Å². The Bertz CT molecular complexity index is 234. The Hall–Kier alpha value is -0.810. The van der Waals surface area contributed by atoms with E-state index in [1.54, 1.807) is 4.90 Å². The first-order chi connectivity index (χ1) is 7.44. The molecule has 0 aromatic carbocycles. The van der Waals surface area contributed by atoms with Crippen LogP contribution in [0.15, 0.2) is 0 Å². The van der Waals surface area contributed by atoms with Crippen molar-refractivity contribution in [1.82, 2.24) is 10.2 Å². The number of hydrogen-bond donors (Lipinski definition) is 1. The maximum absolute atomic E-state index is 11.9. The van der Waals surface area contributed by atoms with E-state index in [-0.39, 0.29) is 12.1 Å². The highest BCUT2D eigenvalue weighted by Crippen LogP contribution is 2.15. The van der Waals surface area contributed by atoms with E-state index in [2.05, 4.69) is 5.32 Å². The first-order valence-corrected chi connectivity index (χ1v) is 5.66. The number of rotatable bonds is 4. The molecule has 0 unspecified atom stereocenters. The molecule has 16 heavy (non-hydrogen) atoms. The molecule has 1 rings (SSSR count). The van der Waals surface area contributed by atoms with Crippen molar-refractivity contribution in [1.29, 1.82) is 0 Å². The zero-order valence-electron chi connectivity index (χ0n) is 10.6. The van der Waals surface area contributed by atoms with Crippen LogP contribution in [-0.2, 0) is 9.47 Å². The first-order valence-electron chi connectivity index (χ1n) is 5.66. The molecule has 1 N–H and O–H groups in total. The van der Waals surface area contributed by atoms with Crippen molar-refractivity contribution >= 4 is 6.09 Å². The zero-order valence-corrected chi connectivity index (χ0v) is 10.6. The molecule has 0 radical (unpaired) electrons. The predicted octanol–water partition coefficient (Wildman–Crippen LogP) is 0.842. The van der Waals surface area contributed by atoms with Gasteiger partial charge in [0.05, 0.1) is 19.3 Å².